The zero-order chi connectivity index (χ0) is 28.6. The van der Waals surface area contributed by atoms with E-state index in [2.05, 4.69) is 44.7 Å². The Kier molecular flexibility index (Phi) is 8.65. The highest BCUT2D eigenvalue weighted by molar-refractivity contribution is 7.87. The number of carbonyl (C=O) groups is 1. The van der Waals surface area contributed by atoms with Crippen LogP contribution in [0.2, 0.25) is 0 Å². The van der Waals surface area contributed by atoms with Crippen LogP contribution in [0.3, 0.4) is 0 Å². The Morgan fingerprint density at radius 3 is 2.26 bits per heavy atom. The van der Waals surface area contributed by atoms with Gasteiger partial charge in [0.2, 0.25) is 0 Å². The monoisotopic (exact) mass is 554 g/mol. The van der Waals surface area contributed by atoms with Crippen LogP contribution in [0.25, 0.3) is 0 Å². The molecule has 3 atom stereocenters. The fourth-order valence-electron chi connectivity index (χ4n) is 7.23. The normalized spacial score (nSPS) is 23.2. The lowest BCUT2D eigenvalue weighted by molar-refractivity contribution is -0.128. The fraction of sp³-hybridized carbons (Fsp3) is 0.594. The van der Waals surface area contributed by atoms with Crippen LogP contribution in [0, 0.1) is 16.7 Å². The van der Waals surface area contributed by atoms with E-state index in [4.69, 9.17) is 9.92 Å². The van der Waals surface area contributed by atoms with Gasteiger partial charge in [-0.15, -0.1) is 0 Å². The topological polar surface area (TPSA) is 89.7 Å². The Morgan fingerprint density at radius 1 is 1.05 bits per heavy atom. The van der Waals surface area contributed by atoms with Gasteiger partial charge < -0.3 is 9.92 Å². The second kappa shape index (κ2) is 11.3. The van der Waals surface area contributed by atoms with E-state index in [1.165, 1.54) is 0 Å². The maximum absolute atomic E-state index is 13.7. The molecule has 4 rings (SSSR count). The molecule has 2 aromatic rings. The SMILES string of the molecule is CC(C)N(CCC(c1ccccc1)c1cc(CN)ccc1OS(=O)(=O)CC12CCC(CC1=O)C2(C)C)C(C)C. The number of nitrogens with two attached hydrogens (primary N) is 1. The Bertz CT molecular complexity index is 1260. The molecule has 0 amide bonds. The largest absolute Gasteiger partial charge is 0.382 e. The molecule has 0 aliphatic heterocycles. The second-order valence-corrected chi connectivity index (χ2v) is 14.3. The van der Waals surface area contributed by atoms with Crippen LogP contribution in [-0.4, -0.2) is 43.5 Å². The number of benzene rings is 2. The van der Waals surface area contributed by atoms with Crippen molar-refractivity contribution in [3.05, 3.63) is 65.2 Å². The highest BCUT2D eigenvalue weighted by Crippen LogP contribution is 2.64. The third-order valence-electron chi connectivity index (χ3n) is 9.67. The van der Waals surface area contributed by atoms with Gasteiger partial charge in [-0.25, -0.2) is 0 Å². The molecular weight excluding hydrogens is 508 g/mol. The molecule has 0 radical (unpaired) electrons. The van der Waals surface area contributed by atoms with E-state index < -0.39 is 15.5 Å². The quantitative estimate of drug-likeness (QED) is 0.329. The summed E-state index contributed by atoms with van der Waals surface area (Å²) in [5.41, 5.74) is 7.64. The molecular formula is C32H46N2O4S. The van der Waals surface area contributed by atoms with Crippen molar-refractivity contribution in [2.75, 3.05) is 12.3 Å². The van der Waals surface area contributed by atoms with Gasteiger partial charge in [-0.2, -0.15) is 8.42 Å². The van der Waals surface area contributed by atoms with Gasteiger partial charge >= 0.3 is 10.1 Å². The molecule has 2 aliphatic rings. The van der Waals surface area contributed by atoms with Crippen molar-refractivity contribution in [2.45, 2.75) is 91.8 Å². The molecule has 0 aromatic heterocycles. The molecule has 2 saturated carbocycles. The molecule has 214 valence electrons. The van der Waals surface area contributed by atoms with E-state index in [1.807, 2.05) is 44.2 Å². The number of carbonyl (C=O) groups excluding carboxylic acids is 1. The van der Waals surface area contributed by atoms with Gasteiger partial charge in [0, 0.05) is 36.5 Å². The number of rotatable bonds is 12. The average Bonchev–Trinajstić information content (AvgIpc) is 3.21. The molecule has 2 aliphatic carbocycles. The van der Waals surface area contributed by atoms with Crippen molar-refractivity contribution in [2.24, 2.45) is 22.5 Å². The zero-order valence-electron chi connectivity index (χ0n) is 24.4. The van der Waals surface area contributed by atoms with E-state index in [-0.39, 0.29) is 28.8 Å². The number of nitrogens with zero attached hydrogens (tertiary/aromatic N) is 1. The summed E-state index contributed by atoms with van der Waals surface area (Å²) in [5, 5.41) is 0. The standard InChI is InChI=1S/C32H46N2O4S/c1-22(2)34(23(3)4)17-15-27(25-10-8-7-9-11-25)28-18-24(20-33)12-13-29(28)38-39(36,37)21-32-16-14-26(19-30(32)35)31(32,5)6/h7-13,18,22-23,26-27H,14-17,19-21,33H2,1-6H3. The van der Waals surface area contributed by atoms with Crippen molar-refractivity contribution in [1.29, 1.82) is 0 Å². The van der Waals surface area contributed by atoms with E-state index in [0.29, 0.717) is 37.2 Å². The summed E-state index contributed by atoms with van der Waals surface area (Å²) >= 11 is 0. The van der Waals surface area contributed by atoms with Crippen LogP contribution in [0.4, 0.5) is 0 Å². The first-order chi connectivity index (χ1) is 18.3. The van der Waals surface area contributed by atoms with Crippen LogP contribution in [-0.2, 0) is 21.5 Å². The second-order valence-electron chi connectivity index (χ2n) is 12.7. The first kappa shape index (κ1) is 29.8. The molecule has 7 heteroatoms. The summed E-state index contributed by atoms with van der Waals surface area (Å²) < 4.78 is 33.3. The zero-order valence-corrected chi connectivity index (χ0v) is 25.3. The molecule has 3 unspecified atom stereocenters. The highest BCUT2D eigenvalue weighted by Gasteiger charge is 2.65. The number of fused-ring (bicyclic) bond motifs is 2. The molecule has 0 saturated heterocycles. The van der Waals surface area contributed by atoms with Crippen molar-refractivity contribution in [1.82, 2.24) is 4.90 Å². The van der Waals surface area contributed by atoms with Gasteiger partial charge in [0.25, 0.3) is 0 Å². The lowest BCUT2D eigenvalue weighted by Crippen LogP contribution is -2.43. The maximum atomic E-state index is 13.7. The van der Waals surface area contributed by atoms with Crippen LogP contribution in [0.15, 0.2) is 48.5 Å². The molecule has 2 aromatic carbocycles. The van der Waals surface area contributed by atoms with Crippen LogP contribution in [0.1, 0.15) is 89.8 Å². The number of Topliss-reactive ketones (excluding diaryl/α,β-unsaturated/α-hetero) is 1. The van der Waals surface area contributed by atoms with Gasteiger partial charge in [0.05, 0.1) is 11.2 Å². The number of hydrogen-bond donors (Lipinski definition) is 1. The Hall–Kier alpha value is -2.22. The summed E-state index contributed by atoms with van der Waals surface area (Å²) in [6.45, 7) is 14.1. The van der Waals surface area contributed by atoms with Crippen LogP contribution in [0.5, 0.6) is 5.75 Å². The number of hydrogen-bond acceptors (Lipinski definition) is 6. The first-order valence-electron chi connectivity index (χ1n) is 14.4. The molecule has 0 heterocycles. The van der Waals surface area contributed by atoms with Crippen molar-refractivity contribution >= 4 is 15.9 Å². The summed E-state index contributed by atoms with van der Waals surface area (Å²) in [6.07, 6.45) is 2.76. The maximum Gasteiger partial charge on any atom is 0.310 e. The third-order valence-corrected chi connectivity index (χ3v) is 10.9. The molecule has 2 bridgehead atoms. The summed E-state index contributed by atoms with van der Waals surface area (Å²) in [5.74, 6) is 0.286. The minimum absolute atomic E-state index is 0.0688. The predicted molar refractivity (Wildman–Crippen MR) is 157 cm³/mol. The third kappa shape index (κ3) is 5.82. The molecule has 2 fully saturated rings. The smallest absolute Gasteiger partial charge is 0.310 e. The highest BCUT2D eigenvalue weighted by atomic mass is 32.2. The summed E-state index contributed by atoms with van der Waals surface area (Å²) in [4.78, 5) is 15.5. The van der Waals surface area contributed by atoms with Gasteiger partial charge in [0.1, 0.15) is 11.5 Å². The van der Waals surface area contributed by atoms with E-state index >= 15 is 0 Å². The van der Waals surface area contributed by atoms with Gasteiger partial charge in [0.15, 0.2) is 0 Å². The minimum Gasteiger partial charge on any atom is -0.382 e. The van der Waals surface area contributed by atoms with Crippen molar-refractivity contribution in [3.63, 3.8) is 0 Å². The van der Waals surface area contributed by atoms with Crippen molar-refractivity contribution in [3.8, 4) is 5.75 Å². The predicted octanol–water partition coefficient (Wildman–Crippen LogP) is 5.89. The van der Waals surface area contributed by atoms with E-state index in [1.54, 1.807) is 6.07 Å². The minimum atomic E-state index is -4.04. The van der Waals surface area contributed by atoms with Crippen molar-refractivity contribution < 1.29 is 17.4 Å². The molecule has 6 nitrogen and oxygen atoms in total. The van der Waals surface area contributed by atoms with Gasteiger partial charge in [-0.05, 0) is 82.0 Å². The number of ketones is 1. The molecule has 2 N–H and O–H groups in total. The fourth-order valence-corrected chi connectivity index (χ4v) is 8.99. The van der Waals surface area contributed by atoms with Crippen LogP contribution >= 0.6 is 0 Å². The van der Waals surface area contributed by atoms with E-state index in [9.17, 15) is 13.2 Å². The van der Waals surface area contributed by atoms with Crippen LogP contribution < -0.4 is 9.92 Å². The Labute approximate surface area is 235 Å². The molecule has 0 spiro atoms. The lowest BCUT2D eigenvalue weighted by Gasteiger charge is -2.36. The summed E-state index contributed by atoms with van der Waals surface area (Å²) in [6, 6.07) is 16.5. The Morgan fingerprint density at radius 2 is 1.72 bits per heavy atom. The van der Waals surface area contributed by atoms with Gasteiger partial charge in [-0.1, -0.05) is 56.3 Å². The van der Waals surface area contributed by atoms with E-state index in [0.717, 1.165) is 36.1 Å². The van der Waals surface area contributed by atoms with Gasteiger partial charge in [-0.3, -0.25) is 9.69 Å². The summed E-state index contributed by atoms with van der Waals surface area (Å²) in [7, 11) is -4.04. The first-order valence-corrected chi connectivity index (χ1v) is 16.0. The average molecular weight is 555 g/mol. The molecule has 39 heavy (non-hydrogen) atoms. The lowest BCUT2D eigenvalue weighted by atomic mass is 9.70. The Balaban J connectivity index is 1.70.